The smallest absolute Gasteiger partial charge is 0.294 e. The number of aryl methyl sites for hydroxylation is 3. The van der Waals surface area contributed by atoms with Gasteiger partial charge in [0.1, 0.15) is 11.6 Å². The predicted molar refractivity (Wildman–Crippen MR) is 388 cm³/mol. The monoisotopic (exact) mass is 1570 g/mol. The van der Waals surface area contributed by atoms with Crippen LogP contribution in [-0.2, 0) is 30.4 Å². The van der Waals surface area contributed by atoms with Crippen LogP contribution >= 0.6 is 46.6 Å². The molecule has 24 heteroatoms. The average molecular weight is 1570 g/mol. The van der Waals surface area contributed by atoms with Crippen molar-refractivity contribution in [2.24, 2.45) is 0 Å². The summed E-state index contributed by atoms with van der Waals surface area (Å²) in [4.78, 5) is 41.6. The van der Waals surface area contributed by atoms with Gasteiger partial charge >= 0.3 is 0 Å². The Hall–Kier alpha value is -5.95. The number of hydrogen-bond donors (Lipinski definition) is 3. The number of para-hydroxylation sites is 2. The molecule has 4 atom stereocenters. The van der Waals surface area contributed by atoms with E-state index < -0.39 is 30.4 Å². The first kappa shape index (κ1) is 75.4. The second-order valence-corrected chi connectivity index (χ2v) is 28.4. The summed E-state index contributed by atoms with van der Waals surface area (Å²) in [5.74, 6) is 0.755. The van der Waals surface area contributed by atoms with Crippen LogP contribution in [0.3, 0.4) is 0 Å². The van der Waals surface area contributed by atoms with Crippen molar-refractivity contribution in [2.45, 2.75) is 97.9 Å². The van der Waals surface area contributed by atoms with Crippen molar-refractivity contribution in [2.75, 3.05) is 104 Å². The average Bonchev–Trinajstić information content (AvgIpc) is 1.59. The van der Waals surface area contributed by atoms with Crippen molar-refractivity contribution in [1.29, 1.82) is 0 Å². The molecular weight excluding hydrogens is 1490 g/mol. The number of likely N-dealkylation sites (N-methyl/N-ethyl adjacent to an activating group) is 2. The maximum absolute atomic E-state index is 13.0. The number of nitrogens with zero attached hydrogens (tertiary/aromatic N) is 6. The molecule has 17 nitrogen and oxygen atoms in total. The van der Waals surface area contributed by atoms with Gasteiger partial charge in [-0.1, -0.05) is 99.9 Å². The Labute approximate surface area is 583 Å². The molecule has 0 amide bonds. The largest absolute Gasteiger partial charge is 0.371 e. The SMILES string of the molecule is CI.CN1CCN2c3c(cccc31)[C@@H]1CN(CCCC(=O)c3ccc(F)cc3)CC[C@@H]12.CN1CCN2c3c(cccc31)[C@@H]1CN(CCCC(=O)c3ccc(F)cc3)CC[C@@H]12.Cc1ccc(S(=O)(=O)O)cc1.Cc1ccc(S(=O)(=O)O)cc1.Cc1ccc(S(=O)(=O)O)cc1.I. The van der Waals surface area contributed by atoms with Gasteiger partial charge in [0, 0.05) is 114 Å². The highest BCUT2D eigenvalue weighted by molar-refractivity contribution is 14.1. The molecule has 0 bridgehead atoms. The lowest BCUT2D eigenvalue weighted by Crippen LogP contribution is -2.49. The number of fused-ring (bicyclic) bond motifs is 6. The zero-order valence-corrected chi connectivity index (χ0v) is 60.6. The molecule has 0 unspecified atom stereocenters. The number of ketones is 2. The Bertz CT molecular complexity index is 3710. The van der Waals surface area contributed by atoms with Crippen LogP contribution in [0.4, 0.5) is 31.5 Å². The first-order valence-corrected chi connectivity index (χ1v) is 37.4. The minimum Gasteiger partial charge on any atom is -0.371 e. The first-order chi connectivity index (χ1) is 44.2. The van der Waals surface area contributed by atoms with Crippen LogP contribution in [0.15, 0.2) is 172 Å². The van der Waals surface area contributed by atoms with Gasteiger partial charge in [-0.05, 0) is 173 Å². The fourth-order valence-corrected chi connectivity index (χ4v) is 14.4. The fraction of sp³-hybridized carbons (Fsp3) is 0.371. The summed E-state index contributed by atoms with van der Waals surface area (Å²) in [6.45, 7) is 16.2. The van der Waals surface area contributed by atoms with Crippen LogP contribution in [0.1, 0.15) is 98.9 Å². The number of carbonyl (C=O) groups is 2. The number of alkyl halides is 1. The lowest BCUT2D eigenvalue weighted by molar-refractivity contribution is 0.0963. The Morgan fingerprint density at radius 1 is 0.457 bits per heavy atom. The highest BCUT2D eigenvalue weighted by Crippen LogP contribution is 2.52. The van der Waals surface area contributed by atoms with E-state index in [-0.39, 0.29) is 61.9 Å². The van der Waals surface area contributed by atoms with Crippen molar-refractivity contribution in [3.63, 3.8) is 0 Å². The number of likely N-dealkylation sites (tertiary alicyclic amines) is 2. The van der Waals surface area contributed by atoms with Crippen molar-refractivity contribution in [1.82, 2.24) is 9.80 Å². The van der Waals surface area contributed by atoms with Crippen LogP contribution in [0.5, 0.6) is 0 Å². The number of piperidine rings is 2. The molecule has 0 aliphatic carbocycles. The number of anilines is 4. The lowest BCUT2D eigenvalue weighted by Gasteiger charge is -2.41. The number of rotatable bonds is 13. The molecule has 94 heavy (non-hydrogen) atoms. The maximum atomic E-state index is 13.0. The minimum absolute atomic E-state index is 0. The predicted octanol–water partition coefficient (Wildman–Crippen LogP) is 13.2. The zero-order valence-electron chi connectivity index (χ0n) is 53.7. The van der Waals surface area contributed by atoms with Crippen LogP contribution < -0.4 is 19.6 Å². The second kappa shape index (κ2) is 33.8. The van der Waals surface area contributed by atoms with E-state index in [1.54, 1.807) is 60.7 Å². The molecule has 6 heterocycles. The van der Waals surface area contributed by atoms with Crippen LogP contribution in [0.2, 0.25) is 0 Å². The molecule has 0 saturated carbocycles. The Kier molecular flexibility index (Phi) is 27.1. The second-order valence-electron chi connectivity index (χ2n) is 24.1. The summed E-state index contributed by atoms with van der Waals surface area (Å²) in [7, 11) is -7.67. The molecule has 6 aliphatic rings. The molecule has 0 spiro atoms. The topological polar surface area (TPSA) is 217 Å². The number of halogens is 4. The maximum Gasteiger partial charge on any atom is 0.294 e. The number of carbonyl (C=O) groups excluding carboxylic acids is 2. The van der Waals surface area contributed by atoms with Crippen molar-refractivity contribution in [3.8, 4) is 0 Å². The number of benzene rings is 7. The summed E-state index contributed by atoms with van der Waals surface area (Å²) >= 11 is 2.15. The molecule has 0 aromatic heterocycles. The van der Waals surface area contributed by atoms with Crippen LogP contribution in [0, 0.1) is 32.4 Å². The number of hydrogen-bond acceptors (Lipinski definition) is 14. The Balaban J connectivity index is 0.000000178. The quantitative estimate of drug-likeness (QED) is 0.0423. The molecule has 7 aromatic rings. The first-order valence-electron chi connectivity index (χ1n) is 31.0. The van der Waals surface area contributed by atoms with Gasteiger partial charge in [0.05, 0.1) is 37.4 Å². The highest BCUT2D eigenvalue weighted by Gasteiger charge is 2.46. The van der Waals surface area contributed by atoms with Gasteiger partial charge in [0.15, 0.2) is 11.6 Å². The van der Waals surface area contributed by atoms with Crippen molar-refractivity contribution >= 4 is 111 Å². The number of Topliss-reactive ketones (excluding diaryl/α,β-unsaturated/α-hetero) is 2. The summed E-state index contributed by atoms with van der Waals surface area (Å²) < 4.78 is 115. The van der Waals surface area contributed by atoms with E-state index in [1.165, 1.54) is 107 Å². The lowest BCUT2D eigenvalue weighted by atomic mass is 9.89. The summed E-state index contributed by atoms with van der Waals surface area (Å²) in [5, 5.41) is 0. The molecule has 7 aromatic carbocycles. The van der Waals surface area contributed by atoms with Crippen LogP contribution in [0.25, 0.3) is 0 Å². The normalized spacial score (nSPS) is 18.3. The van der Waals surface area contributed by atoms with E-state index in [0.29, 0.717) is 47.9 Å². The molecule has 3 N–H and O–H groups in total. The molecule has 2 saturated heterocycles. The van der Waals surface area contributed by atoms with E-state index in [1.807, 2.05) is 25.7 Å². The summed E-state index contributed by atoms with van der Waals surface area (Å²) in [6.07, 6.45) is 5.13. The zero-order chi connectivity index (χ0) is 67.4. The van der Waals surface area contributed by atoms with Gasteiger partial charge in [0.25, 0.3) is 30.4 Å². The van der Waals surface area contributed by atoms with Crippen LogP contribution in [-0.4, -0.2) is 157 Å². The third-order valence-electron chi connectivity index (χ3n) is 17.8. The van der Waals surface area contributed by atoms with E-state index in [2.05, 4.69) is 102 Å². The van der Waals surface area contributed by atoms with Gasteiger partial charge in [-0.3, -0.25) is 23.2 Å². The van der Waals surface area contributed by atoms with E-state index in [4.69, 9.17) is 13.7 Å². The summed E-state index contributed by atoms with van der Waals surface area (Å²) in [5.41, 5.74) is 12.8. The third kappa shape index (κ3) is 19.6. The van der Waals surface area contributed by atoms with Crippen molar-refractivity contribution in [3.05, 3.63) is 208 Å². The van der Waals surface area contributed by atoms with Gasteiger partial charge in [0.2, 0.25) is 0 Å². The molecule has 6 aliphatic heterocycles. The Morgan fingerprint density at radius 2 is 0.766 bits per heavy atom. The standard InChI is InChI=1S/2C24H28FN3O.3C7H8O3S.CH3I.HI/c2*1-26-14-15-28-21-11-13-27(16-20(21)19-4-2-5-22(26)24(19)28)12-3-6-23(29)17-7-9-18(25)10-8-17;3*1-6-2-4-7(5-3-6)11(8,9)10;1-2;/h2*2,4-5,7-10,20-21H,3,6,11-16H2,1H3;3*2-5H,1H3,(H,8,9,10);1H3;1H/t2*20-,21-;;;;;/m00...../s1. The minimum atomic E-state index is -4.02. The molecule has 13 rings (SSSR count). The molecule has 2 fully saturated rings. The van der Waals surface area contributed by atoms with E-state index in [0.717, 1.165) is 95.0 Å². The third-order valence-corrected chi connectivity index (χ3v) is 20.4. The Morgan fingerprint density at radius 3 is 1.06 bits per heavy atom. The van der Waals surface area contributed by atoms with Crippen molar-refractivity contribution < 1.29 is 57.3 Å². The van der Waals surface area contributed by atoms with Gasteiger partial charge in [-0.15, -0.1) is 24.0 Å². The fourth-order valence-electron chi connectivity index (χ4n) is 13.0. The van der Waals surface area contributed by atoms with Gasteiger partial charge in [-0.25, -0.2) is 8.78 Å². The summed E-state index contributed by atoms with van der Waals surface area (Å²) in [6, 6.07) is 44.5. The van der Waals surface area contributed by atoms with E-state index >= 15 is 0 Å². The highest BCUT2D eigenvalue weighted by atomic mass is 127. The van der Waals surface area contributed by atoms with E-state index in [9.17, 15) is 43.6 Å². The molecule has 0 radical (unpaired) electrons. The molecule has 506 valence electrons. The van der Waals surface area contributed by atoms with Gasteiger partial charge < -0.3 is 29.4 Å². The van der Waals surface area contributed by atoms with Gasteiger partial charge in [-0.2, -0.15) is 25.3 Å². The molecular formula is C70H84F2I2N6O11S3.